The summed E-state index contributed by atoms with van der Waals surface area (Å²) < 4.78 is 0. The second-order valence-corrected chi connectivity index (χ2v) is 5.60. The van der Waals surface area contributed by atoms with Crippen LogP contribution in [0.25, 0.3) is 0 Å². The third-order valence-corrected chi connectivity index (χ3v) is 4.18. The fourth-order valence-corrected chi connectivity index (χ4v) is 2.57. The van der Waals surface area contributed by atoms with Gasteiger partial charge in [0.25, 0.3) is 0 Å². The van der Waals surface area contributed by atoms with Crippen LogP contribution in [0, 0.1) is 5.92 Å². The molecule has 94 valence electrons. The lowest BCUT2D eigenvalue weighted by Gasteiger charge is -2.19. The van der Waals surface area contributed by atoms with Gasteiger partial charge in [-0.3, -0.25) is 0 Å². The van der Waals surface area contributed by atoms with Gasteiger partial charge in [-0.1, -0.05) is 42.3 Å². The number of halogens is 2. The smallest absolute Gasteiger partial charge is 0.0624 e. The minimum absolute atomic E-state index is 0.561. The molecule has 1 unspecified atom stereocenters. The van der Waals surface area contributed by atoms with E-state index in [-0.39, 0.29) is 0 Å². The van der Waals surface area contributed by atoms with E-state index in [4.69, 9.17) is 23.2 Å². The van der Waals surface area contributed by atoms with Gasteiger partial charge in [0.2, 0.25) is 0 Å². The Balaban J connectivity index is 2.03. The van der Waals surface area contributed by atoms with Crippen molar-refractivity contribution in [3.8, 4) is 0 Å². The molecule has 0 spiro atoms. The maximum absolute atomic E-state index is 6.24. The summed E-state index contributed by atoms with van der Waals surface area (Å²) in [7, 11) is 0. The molecule has 0 aliphatic heterocycles. The molecule has 0 aromatic heterocycles. The molecule has 0 heterocycles. The first-order valence-electron chi connectivity index (χ1n) is 6.38. The fraction of sp³-hybridized carbons (Fsp3) is 0.571. The number of rotatable bonds is 6. The predicted molar refractivity (Wildman–Crippen MR) is 75.0 cm³/mol. The van der Waals surface area contributed by atoms with Gasteiger partial charge in [0.05, 0.1) is 10.0 Å². The van der Waals surface area contributed by atoms with Crippen LogP contribution in [-0.2, 0) is 6.42 Å². The minimum atomic E-state index is 0.561. The van der Waals surface area contributed by atoms with Crippen molar-refractivity contribution in [2.45, 2.75) is 38.6 Å². The van der Waals surface area contributed by atoms with Gasteiger partial charge in [-0.15, -0.1) is 0 Å². The van der Waals surface area contributed by atoms with E-state index in [9.17, 15) is 0 Å². The second kappa shape index (κ2) is 6.08. The molecule has 2 rings (SSSR count). The largest absolute Gasteiger partial charge is 0.313 e. The van der Waals surface area contributed by atoms with Crippen LogP contribution in [0.15, 0.2) is 18.2 Å². The molecular weight excluding hydrogens is 253 g/mol. The van der Waals surface area contributed by atoms with Crippen LogP contribution in [0.2, 0.25) is 10.0 Å². The summed E-state index contributed by atoms with van der Waals surface area (Å²) >= 11 is 12.3. The van der Waals surface area contributed by atoms with Gasteiger partial charge in [0.1, 0.15) is 0 Å². The molecule has 1 N–H and O–H groups in total. The van der Waals surface area contributed by atoms with Crippen molar-refractivity contribution in [1.82, 2.24) is 5.32 Å². The zero-order chi connectivity index (χ0) is 12.3. The molecule has 1 aliphatic carbocycles. The van der Waals surface area contributed by atoms with Crippen molar-refractivity contribution in [2.75, 3.05) is 6.54 Å². The highest BCUT2D eigenvalue weighted by Gasteiger charge is 2.31. The van der Waals surface area contributed by atoms with Crippen LogP contribution < -0.4 is 5.32 Å². The quantitative estimate of drug-likeness (QED) is 0.813. The number of hydrogen-bond acceptors (Lipinski definition) is 1. The van der Waals surface area contributed by atoms with Gasteiger partial charge < -0.3 is 5.32 Å². The first-order chi connectivity index (χ1) is 8.22. The molecule has 0 saturated heterocycles. The summed E-state index contributed by atoms with van der Waals surface area (Å²) in [6.45, 7) is 3.28. The summed E-state index contributed by atoms with van der Waals surface area (Å²) in [4.78, 5) is 0. The molecule has 3 heteroatoms. The van der Waals surface area contributed by atoms with E-state index in [0.717, 1.165) is 23.9 Å². The normalized spacial score (nSPS) is 17.1. The predicted octanol–water partition coefficient (Wildman–Crippen LogP) is 4.31. The monoisotopic (exact) mass is 271 g/mol. The van der Waals surface area contributed by atoms with Crippen LogP contribution in [0.5, 0.6) is 0 Å². The van der Waals surface area contributed by atoms with Crippen LogP contribution in [0.4, 0.5) is 0 Å². The van der Waals surface area contributed by atoms with Crippen LogP contribution in [0.1, 0.15) is 31.7 Å². The Kier molecular flexibility index (Phi) is 4.72. The summed E-state index contributed by atoms with van der Waals surface area (Å²) in [6, 6.07) is 6.47. The first kappa shape index (κ1) is 13.2. The van der Waals surface area contributed by atoms with E-state index in [1.54, 1.807) is 0 Å². The van der Waals surface area contributed by atoms with Gasteiger partial charge in [0.15, 0.2) is 0 Å². The Morgan fingerprint density at radius 1 is 1.35 bits per heavy atom. The van der Waals surface area contributed by atoms with Crippen molar-refractivity contribution < 1.29 is 0 Å². The lowest BCUT2D eigenvalue weighted by Crippen LogP contribution is -2.33. The van der Waals surface area contributed by atoms with Gasteiger partial charge in [-0.05, 0) is 49.8 Å². The number of hydrogen-bond donors (Lipinski definition) is 1. The van der Waals surface area contributed by atoms with E-state index >= 15 is 0 Å². The zero-order valence-electron chi connectivity index (χ0n) is 10.2. The molecule has 0 radical (unpaired) electrons. The van der Waals surface area contributed by atoms with Crippen molar-refractivity contribution in [3.63, 3.8) is 0 Å². The van der Waals surface area contributed by atoms with Crippen LogP contribution in [0.3, 0.4) is 0 Å². The third kappa shape index (κ3) is 3.61. The third-order valence-electron chi connectivity index (χ3n) is 3.32. The summed E-state index contributed by atoms with van der Waals surface area (Å²) in [6.07, 6.45) is 4.86. The molecule has 1 atom stereocenters. The highest BCUT2D eigenvalue weighted by molar-refractivity contribution is 6.42. The Hall–Kier alpha value is -0.240. The van der Waals surface area contributed by atoms with Gasteiger partial charge in [-0.2, -0.15) is 0 Å². The van der Waals surface area contributed by atoms with E-state index in [1.807, 2.05) is 12.1 Å². The molecule has 0 bridgehead atoms. The maximum Gasteiger partial charge on any atom is 0.0624 e. The Bertz CT molecular complexity index is 374. The van der Waals surface area contributed by atoms with E-state index in [0.29, 0.717) is 11.1 Å². The minimum Gasteiger partial charge on any atom is -0.313 e. The Morgan fingerprint density at radius 2 is 2.12 bits per heavy atom. The molecule has 1 saturated carbocycles. The lowest BCUT2D eigenvalue weighted by molar-refractivity contribution is 0.460. The number of nitrogens with one attached hydrogen (secondary N) is 1. The van der Waals surface area contributed by atoms with Crippen molar-refractivity contribution in [1.29, 1.82) is 0 Å². The second-order valence-electron chi connectivity index (χ2n) is 4.82. The van der Waals surface area contributed by atoms with Crippen LogP contribution in [-0.4, -0.2) is 12.6 Å². The van der Waals surface area contributed by atoms with E-state index in [2.05, 4.69) is 18.3 Å². The topological polar surface area (TPSA) is 12.0 Å². The summed E-state index contributed by atoms with van der Waals surface area (Å²) in [5.41, 5.74) is 1.17. The van der Waals surface area contributed by atoms with Gasteiger partial charge >= 0.3 is 0 Å². The van der Waals surface area contributed by atoms with Gasteiger partial charge in [0, 0.05) is 6.04 Å². The molecule has 1 aromatic rings. The summed E-state index contributed by atoms with van der Waals surface area (Å²) in [5.74, 6) is 0.830. The standard InChI is InChI=1S/C14H19Cl2N/c1-2-8-17-13(10-6-7-10)9-11-4-3-5-12(15)14(11)16/h3-5,10,13,17H,2,6-9H2,1H3. The molecule has 1 fully saturated rings. The molecule has 0 amide bonds. The van der Waals surface area contributed by atoms with Crippen LogP contribution >= 0.6 is 23.2 Å². The molecule has 1 aromatic carbocycles. The molecule has 17 heavy (non-hydrogen) atoms. The molecule has 1 nitrogen and oxygen atoms in total. The highest BCUT2D eigenvalue weighted by atomic mass is 35.5. The van der Waals surface area contributed by atoms with E-state index in [1.165, 1.54) is 24.8 Å². The lowest BCUT2D eigenvalue weighted by atomic mass is 10.0. The highest BCUT2D eigenvalue weighted by Crippen LogP contribution is 2.35. The van der Waals surface area contributed by atoms with Crippen molar-refractivity contribution in [3.05, 3.63) is 33.8 Å². The van der Waals surface area contributed by atoms with Gasteiger partial charge in [-0.25, -0.2) is 0 Å². The average Bonchev–Trinajstić information content (AvgIpc) is 3.14. The summed E-state index contributed by atoms with van der Waals surface area (Å²) in [5, 5.41) is 5.01. The fourth-order valence-electron chi connectivity index (χ4n) is 2.18. The molecular formula is C14H19Cl2N. The average molecular weight is 272 g/mol. The first-order valence-corrected chi connectivity index (χ1v) is 7.14. The SMILES string of the molecule is CCCNC(Cc1cccc(Cl)c1Cl)C1CC1. The van der Waals surface area contributed by atoms with Crippen molar-refractivity contribution in [2.24, 2.45) is 5.92 Å². The number of benzene rings is 1. The Morgan fingerprint density at radius 3 is 2.76 bits per heavy atom. The molecule has 1 aliphatic rings. The maximum atomic E-state index is 6.24. The zero-order valence-corrected chi connectivity index (χ0v) is 11.7. The van der Waals surface area contributed by atoms with Crippen molar-refractivity contribution >= 4 is 23.2 Å². The Labute approximate surface area is 114 Å². The van der Waals surface area contributed by atoms with E-state index < -0.39 is 0 Å².